The summed E-state index contributed by atoms with van der Waals surface area (Å²) >= 11 is 6.02. The predicted molar refractivity (Wildman–Crippen MR) is 93.5 cm³/mol. The minimum Gasteiger partial charge on any atom is -0.425 e. The predicted octanol–water partition coefficient (Wildman–Crippen LogP) is 3.92. The molecule has 1 atom stereocenters. The molecule has 1 aliphatic heterocycles. The minimum absolute atomic E-state index is 0.0616. The largest absolute Gasteiger partial charge is 0.425 e. The average molecular weight is 344 g/mol. The first kappa shape index (κ1) is 16.5. The highest BCUT2D eigenvalue weighted by Gasteiger charge is 2.37. The lowest BCUT2D eigenvalue weighted by molar-refractivity contribution is -0.139. The van der Waals surface area contributed by atoms with Crippen LogP contribution in [0.3, 0.4) is 0 Å². The van der Waals surface area contributed by atoms with Gasteiger partial charge < -0.3 is 9.64 Å². The number of hydrogen-bond acceptors (Lipinski definition) is 3. The van der Waals surface area contributed by atoms with Crippen LogP contribution in [0.1, 0.15) is 17.5 Å². The summed E-state index contributed by atoms with van der Waals surface area (Å²) in [6.45, 7) is 4.25. The zero-order chi connectivity index (χ0) is 17.3. The lowest BCUT2D eigenvalue weighted by atomic mass is 10.1. The van der Waals surface area contributed by atoms with Crippen molar-refractivity contribution in [3.8, 4) is 5.75 Å². The lowest BCUT2D eigenvalue weighted by Crippen LogP contribution is -2.28. The van der Waals surface area contributed by atoms with Gasteiger partial charge in [0.1, 0.15) is 5.75 Å². The van der Waals surface area contributed by atoms with Crippen LogP contribution in [0, 0.1) is 19.8 Å². The smallest absolute Gasteiger partial charge is 0.316 e. The summed E-state index contributed by atoms with van der Waals surface area (Å²) in [5, 5.41) is 0.377. The van der Waals surface area contributed by atoms with E-state index in [9.17, 15) is 9.59 Å². The van der Waals surface area contributed by atoms with Crippen LogP contribution in [0.4, 0.5) is 5.69 Å². The molecule has 0 spiro atoms. The third kappa shape index (κ3) is 3.15. The number of ether oxygens (including phenoxy) is 1. The number of carbonyl (C=O) groups excluding carboxylic acids is 2. The number of para-hydroxylation sites is 2. The number of anilines is 1. The van der Waals surface area contributed by atoms with Crippen molar-refractivity contribution < 1.29 is 14.3 Å². The Labute approximate surface area is 146 Å². The van der Waals surface area contributed by atoms with Gasteiger partial charge in [0.15, 0.2) is 0 Å². The number of nitrogens with zero attached hydrogens (tertiary/aromatic N) is 1. The van der Waals surface area contributed by atoms with Crippen molar-refractivity contribution in [2.45, 2.75) is 20.3 Å². The summed E-state index contributed by atoms with van der Waals surface area (Å²) in [6, 6.07) is 12.7. The zero-order valence-corrected chi connectivity index (χ0v) is 14.3. The number of benzene rings is 2. The lowest BCUT2D eigenvalue weighted by Gasteiger charge is -2.21. The van der Waals surface area contributed by atoms with Gasteiger partial charge in [-0.25, -0.2) is 0 Å². The van der Waals surface area contributed by atoms with Gasteiger partial charge in [-0.2, -0.15) is 0 Å². The molecule has 0 N–H and O–H groups in total. The maximum absolute atomic E-state index is 12.4. The highest BCUT2D eigenvalue weighted by Crippen LogP contribution is 2.32. The molecule has 0 aromatic heterocycles. The summed E-state index contributed by atoms with van der Waals surface area (Å²) in [5.41, 5.74) is 2.92. The van der Waals surface area contributed by atoms with E-state index < -0.39 is 11.9 Å². The van der Waals surface area contributed by atoms with E-state index >= 15 is 0 Å². The fourth-order valence-corrected chi connectivity index (χ4v) is 3.21. The fraction of sp³-hybridized carbons (Fsp3) is 0.263. The summed E-state index contributed by atoms with van der Waals surface area (Å²) in [5.74, 6) is -0.659. The molecule has 1 amide bonds. The van der Waals surface area contributed by atoms with Gasteiger partial charge in [0.25, 0.3) is 0 Å². The fourth-order valence-electron chi connectivity index (χ4n) is 3.03. The van der Waals surface area contributed by atoms with Crippen molar-refractivity contribution in [3.05, 3.63) is 58.6 Å². The van der Waals surface area contributed by atoms with Crippen LogP contribution < -0.4 is 9.64 Å². The molecule has 4 nitrogen and oxygen atoms in total. The van der Waals surface area contributed by atoms with E-state index in [1.807, 2.05) is 32.0 Å². The Hall–Kier alpha value is -2.33. The molecule has 3 rings (SSSR count). The number of aryl methyl sites for hydroxylation is 2. The summed E-state index contributed by atoms with van der Waals surface area (Å²) in [7, 11) is 0. The molecule has 0 unspecified atom stereocenters. The van der Waals surface area contributed by atoms with Gasteiger partial charge in [0, 0.05) is 18.7 Å². The van der Waals surface area contributed by atoms with E-state index in [0.717, 1.165) is 16.8 Å². The third-order valence-electron chi connectivity index (χ3n) is 4.21. The average Bonchev–Trinajstić information content (AvgIpc) is 2.91. The summed E-state index contributed by atoms with van der Waals surface area (Å²) < 4.78 is 5.37. The molecular weight excluding hydrogens is 326 g/mol. The minimum atomic E-state index is -0.493. The van der Waals surface area contributed by atoms with E-state index in [4.69, 9.17) is 16.3 Å². The molecule has 2 aromatic rings. The number of carbonyl (C=O) groups is 2. The van der Waals surface area contributed by atoms with Crippen molar-refractivity contribution in [1.29, 1.82) is 0 Å². The second-order valence-corrected chi connectivity index (χ2v) is 6.40. The van der Waals surface area contributed by atoms with Crippen molar-refractivity contribution in [2.24, 2.45) is 5.92 Å². The molecule has 1 aliphatic rings. The quantitative estimate of drug-likeness (QED) is 0.627. The Kier molecular flexibility index (Phi) is 4.58. The standard InChI is InChI=1S/C19H18ClNO3/c1-12-6-5-7-13(2)18(12)21-11-14(10-17(21)22)19(23)24-16-9-4-3-8-15(16)20/h3-9,14H,10-11H2,1-2H3/t14-/m1/s1. The first-order valence-electron chi connectivity index (χ1n) is 7.80. The SMILES string of the molecule is Cc1cccc(C)c1N1C[C@H](C(=O)Oc2ccccc2Cl)CC1=O. The molecule has 1 fully saturated rings. The van der Waals surface area contributed by atoms with Gasteiger partial charge in [-0.05, 0) is 37.1 Å². The molecule has 124 valence electrons. The van der Waals surface area contributed by atoms with Crippen LogP contribution in [-0.4, -0.2) is 18.4 Å². The summed E-state index contributed by atoms with van der Waals surface area (Å²) in [4.78, 5) is 26.5. The van der Waals surface area contributed by atoms with E-state index in [1.54, 1.807) is 29.2 Å². The first-order chi connectivity index (χ1) is 11.5. The highest BCUT2D eigenvalue weighted by molar-refractivity contribution is 6.32. The first-order valence-corrected chi connectivity index (χ1v) is 8.18. The number of rotatable bonds is 3. The molecule has 2 aromatic carbocycles. The van der Waals surface area contributed by atoms with Gasteiger partial charge in [0.05, 0.1) is 10.9 Å². The van der Waals surface area contributed by atoms with E-state index in [0.29, 0.717) is 17.3 Å². The number of esters is 1. The van der Waals surface area contributed by atoms with Crippen LogP contribution in [0.5, 0.6) is 5.75 Å². The van der Waals surface area contributed by atoms with E-state index in [1.165, 1.54) is 0 Å². The Morgan fingerprint density at radius 1 is 1.12 bits per heavy atom. The third-order valence-corrected chi connectivity index (χ3v) is 4.53. The maximum Gasteiger partial charge on any atom is 0.316 e. The molecule has 0 aliphatic carbocycles. The molecule has 0 saturated carbocycles. The Morgan fingerprint density at radius 3 is 2.46 bits per heavy atom. The van der Waals surface area contributed by atoms with Gasteiger partial charge in [-0.15, -0.1) is 0 Å². The van der Waals surface area contributed by atoms with Crippen LogP contribution in [0.25, 0.3) is 0 Å². The van der Waals surface area contributed by atoms with Crippen molar-refractivity contribution in [1.82, 2.24) is 0 Å². The van der Waals surface area contributed by atoms with Gasteiger partial charge in [0.2, 0.25) is 5.91 Å². The monoisotopic (exact) mass is 343 g/mol. The molecule has 24 heavy (non-hydrogen) atoms. The Balaban J connectivity index is 1.77. The number of halogens is 1. The number of amides is 1. The zero-order valence-electron chi connectivity index (χ0n) is 13.6. The second-order valence-electron chi connectivity index (χ2n) is 6.00. The molecule has 0 radical (unpaired) electrons. The topological polar surface area (TPSA) is 46.6 Å². The maximum atomic E-state index is 12.4. The van der Waals surface area contributed by atoms with Gasteiger partial charge in [-0.3, -0.25) is 9.59 Å². The van der Waals surface area contributed by atoms with Crippen LogP contribution in [-0.2, 0) is 9.59 Å². The van der Waals surface area contributed by atoms with Crippen LogP contribution in [0.2, 0.25) is 5.02 Å². The second kappa shape index (κ2) is 6.65. The van der Waals surface area contributed by atoms with Crippen molar-refractivity contribution in [2.75, 3.05) is 11.4 Å². The Morgan fingerprint density at radius 2 is 1.79 bits per heavy atom. The van der Waals surface area contributed by atoms with Crippen molar-refractivity contribution in [3.63, 3.8) is 0 Å². The highest BCUT2D eigenvalue weighted by atomic mass is 35.5. The molecular formula is C19H18ClNO3. The molecule has 0 bridgehead atoms. The van der Waals surface area contributed by atoms with Crippen LogP contribution >= 0.6 is 11.6 Å². The number of hydrogen-bond donors (Lipinski definition) is 0. The molecule has 1 heterocycles. The Bertz CT molecular complexity index is 783. The van der Waals surface area contributed by atoms with E-state index in [2.05, 4.69) is 0 Å². The van der Waals surface area contributed by atoms with Gasteiger partial charge >= 0.3 is 5.97 Å². The van der Waals surface area contributed by atoms with Gasteiger partial charge in [-0.1, -0.05) is 41.9 Å². The molecule has 5 heteroatoms. The normalized spacial score (nSPS) is 17.2. The molecule has 1 saturated heterocycles. The van der Waals surface area contributed by atoms with Crippen molar-refractivity contribution >= 4 is 29.2 Å². The van der Waals surface area contributed by atoms with Crippen LogP contribution in [0.15, 0.2) is 42.5 Å². The summed E-state index contributed by atoms with van der Waals surface area (Å²) in [6.07, 6.45) is 0.150. The van der Waals surface area contributed by atoms with E-state index in [-0.39, 0.29) is 12.3 Å².